The molecule has 1 aromatic heterocycles. The Morgan fingerprint density at radius 1 is 1.16 bits per heavy atom. The number of nitrogens with one attached hydrogen (secondary N) is 1. The number of sulfonamides is 1. The zero-order chi connectivity index (χ0) is 23.0. The number of likely N-dealkylation sites (tertiary alicyclic amines) is 1. The van der Waals surface area contributed by atoms with Crippen molar-refractivity contribution in [2.75, 3.05) is 31.1 Å². The highest BCUT2D eigenvalue weighted by molar-refractivity contribution is 7.90. The molecule has 1 aromatic carbocycles. The molecule has 2 fully saturated rings. The number of nitriles is 1. The highest BCUT2D eigenvalue weighted by atomic mass is 32.2. The number of urea groups is 1. The van der Waals surface area contributed by atoms with E-state index in [4.69, 9.17) is 0 Å². The van der Waals surface area contributed by atoms with Crippen LogP contribution in [-0.2, 0) is 10.0 Å². The Labute approximate surface area is 185 Å². The molecular weight excluding hydrogens is 434 g/mol. The summed E-state index contributed by atoms with van der Waals surface area (Å²) in [6.07, 6.45) is 0. The van der Waals surface area contributed by atoms with Gasteiger partial charge in [0.05, 0.1) is 21.7 Å². The summed E-state index contributed by atoms with van der Waals surface area (Å²) in [7, 11) is -3.94. The summed E-state index contributed by atoms with van der Waals surface area (Å²) in [5.41, 5.74) is 0.513. The standard InChI is InChI=1S/C21H21N5O5S/c1-13-18(20(27)28)7-14(8-22)19(23-13)25-9-15-11-26(12-16(15)10-25)21(29)24-32(30,31)17-5-3-2-4-6-17/h2-7,15-16H,9-12H2,1H3,(H,24,29)(H,27,28). The molecule has 0 spiro atoms. The number of pyridine rings is 1. The smallest absolute Gasteiger partial charge is 0.337 e. The molecule has 166 valence electrons. The van der Waals surface area contributed by atoms with Gasteiger partial charge in [0.1, 0.15) is 11.9 Å². The number of benzene rings is 1. The largest absolute Gasteiger partial charge is 0.478 e. The van der Waals surface area contributed by atoms with E-state index in [1.165, 1.54) is 23.1 Å². The number of aromatic nitrogens is 1. The Morgan fingerprint density at radius 3 is 2.34 bits per heavy atom. The van der Waals surface area contributed by atoms with Gasteiger partial charge in [-0.2, -0.15) is 5.26 Å². The van der Waals surface area contributed by atoms with Gasteiger partial charge < -0.3 is 14.9 Å². The molecule has 11 heteroatoms. The van der Waals surface area contributed by atoms with Crippen molar-refractivity contribution in [1.29, 1.82) is 5.26 Å². The number of aryl methyl sites for hydroxylation is 1. The molecule has 2 aliphatic heterocycles. The number of nitrogens with zero attached hydrogens (tertiary/aromatic N) is 4. The highest BCUT2D eigenvalue weighted by Gasteiger charge is 2.43. The van der Waals surface area contributed by atoms with Crippen LogP contribution in [0.4, 0.5) is 10.6 Å². The topological polar surface area (TPSA) is 144 Å². The monoisotopic (exact) mass is 455 g/mol. The van der Waals surface area contributed by atoms with Crippen LogP contribution in [0.15, 0.2) is 41.3 Å². The lowest BCUT2D eigenvalue weighted by molar-refractivity contribution is 0.0695. The van der Waals surface area contributed by atoms with Crippen molar-refractivity contribution in [2.24, 2.45) is 11.8 Å². The fourth-order valence-corrected chi connectivity index (χ4v) is 5.29. The number of hydrogen-bond donors (Lipinski definition) is 2. The molecular formula is C21H21N5O5S. The Hall–Kier alpha value is -3.65. The zero-order valence-electron chi connectivity index (χ0n) is 17.2. The first-order valence-electron chi connectivity index (χ1n) is 9.96. The molecule has 10 nitrogen and oxygen atoms in total. The third-order valence-electron chi connectivity index (χ3n) is 5.89. The van der Waals surface area contributed by atoms with Gasteiger partial charge in [0.25, 0.3) is 10.0 Å². The van der Waals surface area contributed by atoms with Gasteiger partial charge in [-0.15, -0.1) is 0 Å². The SMILES string of the molecule is Cc1nc(N2CC3CN(C(=O)NS(=O)(=O)c4ccccc4)CC3C2)c(C#N)cc1C(=O)O. The first-order valence-corrected chi connectivity index (χ1v) is 11.4. The Kier molecular flexibility index (Phi) is 5.48. The number of anilines is 1. The van der Waals surface area contributed by atoms with Gasteiger partial charge in [0.15, 0.2) is 0 Å². The number of carbonyl (C=O) groups excluding carboxylic acids is 1. The van der Waals surface area contributed by atoms with Crippen molar-refractivity contribution in [2.45, 2.75) is 11.8 Å². The van der Waals surface area contributed by atoms with Crippen LogP contribution in [0.3, 0.4) is 0 Å². The maximum atomic E-state index is 12.6. The summed E-state index contributed by atoms with van der Waals surface area (Å²) in [6.45, 7) is 3.42. The highest BCUT2D eigenvalue weighted by Crippen LogP contribution is 2.35. The minimum Gasteiger partial charge on any atom is -0.478 e. The molecule has 2 atom stereocenters. The molecule has 0 saturated carbocycles. The van der Waals surface area contributed by atoms with Crippen molar-refractivity contribution in [1.82, 2.24) is 14.6 Å². The fraction of sp³-hybridized carbons (Fsp3) is 0.333. The van der Waals surface area contributed by atoms with Crippen LogP contribution in [0.25, 0.3) is 0 Å². The molecule has 0 bridgehead atoms. The van der Waals surface area contributed by atoms with E-state index in [0.717, 1.165) is 0 Å². The van der Waals surface area contributed by atoms with E-state index < -0.39 is 22.0 Å². The van der Waals surface area contributed by atoms with Crippen LogP contribution in [0.2, 0.25) is 0 Å². The molecule has 2 amide bonds. The molecule has 0 aliphatic carbocycles. The van der Waals surface area contributed by atoms with Crippen LogP contribution >= 0.6 is 0 Å². The fourth-order valence-electron chi connectivity index (χ4n) is 4.30. The van der Waals surface area contributed by atoms with Crippen LogP contribution in [-0.4, -0.2) is 61.6 Å². The van der Waals surface area contributed by atoms with Crippen molar-refractivity contribution in [3.05, 3.63) is 53.2 Å². The van der Waals surface area contributed by atoms with Crippen molar-refractivity contribution in [3.8, 4) is 6.07 Å². The maximum absolute atomic E-state index is 12.6. The zero-order valence-corrected chi connectivity index (χ0v) is 18.0. The minimum absolute atomic E-state index is 0.00726. The molecule has 3 heterocycles. The van der Waals surface area contributed by atoms with Crippen molar-refractivity contribution < 1.29 is 23.1 Å². The Bertz CT molecular complexity index is 1210. The number of aromatic carboxylic acids is 1. The second-order valence-electron chi connectivity index (χ2n) is 7.96. The third-order valence-corrected chi connectivity index (χ3v) is 7.23. The molecule has 32 heavy (non-hydrogen) atoms. The molecule has 2 saturated heterocycles. The summed E-state index contributed by atoms with van der Waals surface area (Å²) in [4.78, 5) is 31.7. The Morgan fingerprint density at radius 2 is 1.78 bits per heavy atom. The van der Waals surface area contributed by atoms with Crippen LogP contribution < -0.4 is 9.62 Å². The van der Waals surface area contributed by atoms with Gasteiger partial charge in [-0.05, 0) is 25.1 Å². The van der Waals surface area contributed by atoms with E-state index in [1.54, 1.807) is 25.1 Å². The lowest BCUT2D eigenvalue weighted by atomic mass is 10.0. The molecule has 4 rings (SSSR count). The number of amides is 2. The van der Waals surface area contributed by atoms with E-state index in [1.807, 2.05) is 11.0 Å². The van der Waals surface area contributed by atoms with Crippen LogP contribution in [0.5, 0.6) is 0 Å². The van der Waals surface area contributed by atoms with Crippen molar-refractivity contribution >= 4 is 27.8 Å². The number of carboxylic acids is 1. The van der Waals surface area contributed by atoms with E-state index in [-0.39, 0.29) is 27.9 Å². The molecule has 2 aliphatic rings. The van der Waals surface area contributed by atoms with E-state index in [0.29, 0.717) is 37.7 Å². The summed E-state index contributed by atoms with van der Waals surface area (Å²) in [5, 5.41) is 18.7. The summed E-state index contributed by atoms with van der Waals surface area (Å²) >= 11 is 0. The number of fused-ring (bicyclic) bond motifs is 1. The number of carbonyl (C=O) groups is 2. The van der Waals surface area contributed by atoms with Gasteiger partial charge >= 0.3 is 12.0 Å². The average molecular weight is 455 g/mol. The number of carboxylic acid groups (broad SMARTS) is 1. The second-order valence-corrected chi connectivity index (χ2v) is 9.65. The molecule has 2 aromatic rings. The first kappa shape index (κ1) is 21.6. The molecule has 2 N–H and O–H groups in total. The lowest BCUT2D eigenvalue weighted by Crippen LogP contribution is -2.43. The van der Waals surface area contributed by atoms with Gasteiger partial charge in [0.2, 0.25) is 0 Å². The van der Waals surface area contributed by atoms with Crippen LogP contribution in [0, 0.1) is 30.1 Å². The number of rotatable bonds is 4. The van der Waals surface area contributed by atoms with Gasteiger partial charge in [-0.1, -0.05) is 18.2 Å². The Balaban J connectivity index is 1.44. The summed E-state index contributed by atoms with van der Waals surface area (Å²) in [5.74, 6) is -0.517. The normalized spacial score (nSPS) is 20.0. The van der Waals surface area contributed by atoms with Crippen molar-refractivity contribution in [3.63, 3.8) is 0 Å². The van der Waals surface area contributed by atoms with Gasteiger partial charge in [-0.25, -0.2) is 27.7 Å². The predicted molar refractivity (Wildman–Crippen MR) is 114 cm³/mol. The summed E-state index contributed by atoms with van der Waals surface area (Å²) in [6, 6.07) is 10.4. The van der Waals surface area contributed by atoms with E-state index in [9.17, 15) is 28.4 Å². The minimum atomic E-state index is -3.94. The van der Waals surface area contributed by atoms with Gasteiger partial charge in [0, 0.05) is 38.0 Å². The lowest BCUT2D eigenvalue weighted by Gasteiger charge is -2.23. The second kappa shape index (κ2) is 8.12. The number of hydrogen-bond acceptors (Lipinski definition) is 7. The maximum Gasteiger partial charge on any atom is 0.337 e. The quantitative estimate of drug-likeness (QED) is 0.705. The van der Waals surface area contributed by atoms with Crippen LogP contribution in [0.1, 0.15) is 21.6 Å². The third kappa shape index (κ3) is 3.97. The summed E-state index contributed by atoms with van der Waals surface area (Å²) < 4.78 is 27.0. The van der Waals surface area contributed by atoms with Gasteiger partial charge in [-0.3, -0.25) is 0 Å². The average Bonchev–Trinajstić information content (AvgIpc) is 3.33. The molecule has 0 radical (unpaired) electrons. The predicted octanol–water partition coefficient (Wildman–Crippen LogP) is 1.43. The molecule has 2 unspecified atom stereocenters. The first-order chi connectivity index (χ1) is 15.2. The van der Waals surface area contributed by atoms with E-state index in [2.05, 4.69) is 9.71 Å². The van der Waals surface area contributed by atoms with E-state index >= 15 is 0 Å².